The molecular formula is C16H16N10O4. The van der Waals surface area contributed by atoms with Crippen molar-refractivity contribution >= 4 is 34.8 Å². The van der Waals surface area contributed by atoms with Gasteiger partial charge >= 0.3 is 11.4 Å². The Hall–Kier alpha value is -4.36. The fraction of sp³-hybridized carbons (Fsp3) is 0.250. The van der Waals surface area contributed by atoms with Gasteiger partial charge in [-0.2, -0.15) is 10.2 Å². The Kier molecular flexibility index (Phi) is 4.18. The molecule has 0 spiro atoms. The van der Waals surface area contributed by atoms with Gasteiger partial charge in [-0.3, -0.25) is 27.9 Å². The molecule has 4 aromatic heterocycles. The second kappa shape index (κ2) is 6.61. The van der Waals surface area contributed by atoms with Crippen LogP contribution in [-0.4, -0.2) is 50.6 Å². The van der Waals surface area contributed by atoms with Gasteiger partial charge in [-0.05, 0) is 0 Å². The summed E-state index contributed by atoms with van der Waals surface area (Å²) in [5.41, 5.74) is -1.27. The number of H-pyrrole nitrogens is 2. The summed E-state index contributed by atoms with van der Waals surface area (Å²) in [6.45, 7) is 0. The van der Waals surface area contributed by atoms with E-state index >= 15 is 0 Å². The first kappa shape index (κ1) is 19.0. The van der Waals surface area contributed by atoms with E-state index in [0.29, 0.717) is 0 Å². The van der Waals surface area contributed by atoms with Crippen molar-refractivity contribution in [2.45, 2.75) is 0 Å². The molecule has 0 radical (unpaired) electrons. The highest BCUT2D eigenvalue weighted by Crippen LogP contribution is 2.04. The molecule has 0 aliphatic carbocycles. The second-order valence-electron chi connectivity index (χ2n) is 6.54. The minimum Gasteiger partial charge on any atom is -0.331 e. The van der Waals surface area contributed by atoms with Crippen LogP contribution in [0.25, 0.3) is 22.3 Å². The average Bonchev–Trinajstić information content (AvgIpc) is 3.35. The van der Waals surface area contributed by atoms with Crippen LogP contribution in [0.5, 0.6) is 0 Å². The van der Waals surface area contributed by atoms with Crippen LogP contribution in [0.3, 0.4) is 0 Å². The number of nitrogens with one attached hydrogen (secondary N) is 2. The third-order valence-corrected chi connectivity index (χ3v) is 4.65. The number of aromatic nitrogens is 8. The van der Waals surface area contributed by atoms with Crippen molar-refractivity contribution in [3.05, 3.63) is 53.3 Å². The van der Waals surface area contributed by atoms with Crippen LogP contribution in [0.1, 0.15) is 11.6 Å². The van der Waals surface area contributed by atoms with Gasteiger partial charge in [-0.15, -0.1) is 0 Å². The summed E-state index contributed by atoms with van der Waals surface area (Å²) in [5, 5.41) is 7.66. The number of aromatic amines is 2. The van der Waals surface area contributed by atoms with Crippen LogP contribution in [0.15, 0.2) is 29.4 Å². The van der Waals surface area contributed by atoms with Gasteiger partial charge in [0.05, 0.1) is 12.4 Å². The highest BCUT2D eigenvalue weighted by Gasteiger charge is 2.13. The standard InChI is InChI=1S/C16H16N10O4/c1-23-11-9(13(27)25(3)15(23)29)19-7(21-11)5-17-18-6-8-20-10-12(22-8)24(2)16(30)26(4)14(10)28/h5-6H,1-4H3,(H,19,21)(H,20,22)/b17-5-,18-6+. The van der Waals surface area contributed by atoms with Crippen molar-refractivity contribution in [1.29, 1.82) is 0 Å². The molecule has 4 aromatic rings. The lowest BCUT2D eigenvalue weighted by Gasteiger charge is -2.00. The fourth-order valence-corrected chi connectivity index (χ4v) is 2.99. The maximum atomic E-state index is 12.2. The third-order valence-electron chi connectivity index (χ3n) is 4.65. The van der Waals surface area contributed by atoms with Crippen molar-refractivity contribution in [2.75, 3.05) is 0 Å². The first-order chi connectivity index (χ1) is 14.2. The Morgan fingerprint density at radius 1 is 0.667 bits per heavy atom. The number of aryl methyl sites for hydroxylation is 2. The summed E-state index contributed by atoms with van der Waals surface area (Å²) in [7, 11) is 5.76. The molecule has 2 N–H and O–H groups in total. The van der Waals surface area contributed by atoms with Gasteiger partial charge in [-0.25, -0.2) is 19.6 Å². The quantitative estimate of drug-likeness (QED) is 0.283. The lowest BCUT2D eigenvalue weighted by molar-refractivity contribution is 0.709. The van der Waals surface area contributed by atoms with Gasteiger partial charge in [0.1, 0.15) is 11.0 Å². The third kappa shape index (κ3) is 2.73. The first-order valence-corrected chi connectivity index (χ1v) is 8.58. The van der Waals surface area contributed by atoms with Gasteiger partial charge in [0.2, 0.25) is 0 Å². The largest absolute Gasteiger partial charge is 0.332 e. The van der Waals surface area contributed by atoms with Gasteiger partial charge in [-0.1, -0.05) is 0 Å². The highest BCUT2D eigenvalue weighted by atomic mass is 16.2. The molecular weight excluding hydrogens is 396 g/mol. The van der Waals surface area contributed by atoms with E-state index in [1.807, 2.05) is 0 Å². The second-order valence-corrected chi connectivity index (χ2v) is 6.54. The predicted octanol–water partition coefficient (Wildman–Crippen LogP) is -2.31. The van der Waals surface area contributed by atoms with E-state index in [-0.39, 0.29) is 34.0 Å². The van der Waals surface area contributed by atoms with E-state index in [9.17, 15) is 19.2 Å². The molecule has 0 saturated heterocycles. The molecule has 14 nitrogen and oxygen atoms in total. The lowest BCUT2D eigenvalue weighted by atomic mass is 10.5. The first-order valence-electron chi connectivity index (χ1n) is 8.58. The predicted molar refractivity (Wildman–Crippen MR) is 108 cm³/mol. The lowest BCUT2D eigenvalue weighted by Crippen LogP contribution is -2.36. The molecule has 4 heterocycles. The zero-order valence-corrected chi connectivity index (χ0v) is 16.4. The number of imidazole rings is 2. The average molecular weight is 412 g/mol. The molecule has 0 aromatic carbocycles. The summed E-state index contributed by atoms with van der Waals surface area (Å²) < 4.78 is 4.43. The van der Waals surface area contributed by atoms with E-state index in [1.165, 1.54) is 49.8 Å². The van der Waals surface area contributed by atoms with E-state index < -0.39 is 22.5 Å². The molecule has 0 bridgehead atoms. The SMILES string of the molecule is Cn1c(=O)c2[nH]c(/C=N\N=C\c3nc4c([nH]3)c(=O)n(C)c(=O)n4C)nc2n(C)c1=O. The van der Waals surface area contributed by atoms with Crippen molar-refractivity contribution in [3.63, 3.8) is 0 Å². The maximum absolute atomic E-state index is 12.2. The van der Waals surface area contributed by atoms with Crippen LogP contribution < -0.4 is 22.5 Å². The molecule has 30 heavy (non-hydrogen) atoms. The van der Waals surface area contributed by atoms with E-state index in [2.05, 4.69) is 30.1 Å². The molecule has 0 atom stereocenters. The molecule has 0 fully saturated rings. The molecule has 0 aliphatic rings. The van der Waals surface area contributed by atoms with E-state index in [0.717, 1.165) is 9.13 Å². The zero-order valence-electron chi connectivity index (χ0n) is 16.4. The summed E-state index contributed by atoms with van der Waals surface area (Å²) in [6.07, 6.45) is 2.52. The Balaban J connectivity index is 1.67. The molecule has 154 valence electrons. The summed E-state index contributed by atoms with van der Waals surface area (Å²) in [6, 6.07) is 0. The van der Waals surface area contributed by atoms with Crippen LogP contribution >= 0.6 is 0 Å². The minimum atomic E-state index is -0.502. The molecule has 0 aliphatic heterocycles. The molecule has 0 amide bonds. The maximum Gasteiger partial charge on any atom is 0.332 e. The zero-order chi connectivity index (χ0) is 21.7. The Morgan fingerprint density at radius 3 is 1.40 bits per heavy atom. The normalized spacial score (nSPS) is 12.3. The Labute approximate surface area is 165 Å². The fourth-order valence-electron chi connectivity index (χ4n) is 2.99. The van der Waals surface area contributed by atoms with Crippen LogP contribution in [0, 0.1) is 0 Å². The van der Waals surface area contributed by atoms with Crippen molar-refractivity contribution in [1.82, 2.24) is 38.2 Å². The van der Waals surface area contributed by atoms with Crippen LogP contribution in [0.2, 0.25) is 0 Å². The number of rotatable bonds is 3. The summed E-state index contributed by atoms with van der Waals surface area (Å²) in [5.74, 6) is 0.447. The molecule has 0 unspecified atom stereocenters. The van der Waals surface area contributed by atoms with Gasteiger partial charge < -0.3 is 9.97 Å². The highest BCUT2D eigenvalue weighted by molar-refractivity contribution is 5.84. The summed E-state index contributed by atoms with van der Waals surface area (Å²) >= 11 is 0. The van der Waals surface area contributed by atoms with Crippen molar-refractivity contribution < 1.29 is 0 Å². The van der Waals surface area contributed by atoms with Crippen molar-refractivity contribution in [2.24, 2.45) is 38.4 Å². The number of hydrogen-bond donors (Lipinski definition) is 2. The molecule has 0 saturated carbocycles. The van der Waals surface area contributed by atoms with Crippen molar-refractivity contribution in [3.8, 4) is 0 Å². The van der Waals surface area contributed by atoms with Crippen LogP contribution in [0.4, 0.5) is 0 Å². The number of hydrogen-bond acceptors (Lipinski definition) is 8. The minimum absolute atomic E-state index is 0.166. The smallest absolute Gasteiger partial charge is 0.331 e. The Morgan fingerprint density at radius 2 is 1.03 bits per heavy atom. The van der Waals surface area contributed by atoms with Crippen LogP contribution in [-0.2, 0) is 28.2 Å². The van der Waals surface area contributed by atoms with Gasteiger partial charge in [0.25, 0.3) is 11.1 Å². The Bertz CT molecular complexity index is 1500. The van der Waals surface area contributed by atoms with E-state index in [1.54, 1.807) is 0 Å². The molecule has 4 rings (SSSR count). The summed E-state index contributed by atoms with van der Waals surface area (Å²) in [4.78, 5) is 62.1. The molecule has 14 heteroatoms. The van der Waals surface area contributed by atoms with E-state index in [4.69, 9.17) is 0 Å². The number of nitrogens with zero attached hydrogens (tertiary/aromatic N) is 8. The monoisotopic (exact) mass is 412 g/mol. The van der Waals surface area contributed by atoms with Gasteiger partial charge in [0, 0.05) is 28.2 Å². The van der Waals surface area contributed by atoms with Gasteiger partial charge in [0.15, 0.2) is 22.9 Å². The number of fused-ring (bicyclic) bond motifs is 2. The topological polar surface area (TPSA) is 170 Å².